The lowest BCUT2D eigenvalue weighted by Gasteiger charge is -2.13. The van der Waals surface area contributed by atoms with Crippen molar-refractivity contribution < 1.29 is 22.5 Å². The van der Waals surface area contributed by atoms with E-state index < -0.39 is 28.1 Å². The van der Waals surface area contributed by atoms with E-state index in [1.54, 1.807) is 18.2 Å². The van der Waals surface area contributed by atoms with Gasteiger partial charge in [0.25, 0.3) is 5.56 Å². The van der Waals surface area contributed by atoms with Crippen LogP contribution in [0.2, 0.25) is 0 Å². The van der Waals surface area contributed by atoms with Gasteiger partial charge in [-0.25, -0.2) is 4.98 Å². The molecule has 0 atom stereocenters. The van der Waals surface area contributed by atoms with Crippen LogP contribution in [0.25, 0.3) is 28.7 Å². The maximum absolute atomic E-state index is 13.2. The molecule has 0 spiro atoms. The normalized spacial score (nSPS) is 12.0. The fraction of sp³-hybridized carbons (Fsp3) is 0.0476. The molecule has 10 heteroatoms. The largest absolute Gasteiger partial charge is 0.433 e. The number of alkyl halides is 3. The number of aromatic nitrogens is 2. The summed E-state index contributed by atoms with van der Waals surface area (Å²) in [4.78, 5) is 27.6. The molecule has 2 heterocycles. The molecule has 7 nitrogen and oxygen atoms in total. The summed E-state index contributed by atoms with van der Waals surface area (Å²) in [6.45, 7) is 0. The SMILES string of the molecule is O=c1c2ccccc2nc(C=Cc2ccc([N+](=O)[O-])o2)n1-c1cccc(C(F)(F)F)c1. The number of furan rings is 1. The first-order valence-electron chi connectivity index (χ1n) is 8.86. The molecule has 156 valence electrons. The molecule has 0 saturated carbocycles. The first kappa shape index (κ1) is 20.1. The third kappa shape index (κ3) is 3.95. The molecule has 4 rings (SSSR count). The summed E-state index contributed by atoms with van der Waals surface area (Å²) in [5.74, 6) is -0.326. The van der Waals surface area contributed by atoms with Crippen LogP contribution in [0.3, 0.4) is 0 Å². The summed E-state index contributed by atoms with van der Waals surface area (Å²) in [5, 5.41) is 11.0. The molecular weight excluding hydrogens is 415 g/mol. The molecule has 0 radical (unpaired) electrons. The molecule has 0 N–H and O–H groups in total. The standard InChI is InChI=1S/C21H12F3N3O4/c22-21(23,24)13-4-3-5-14(12-13)26-18(10-8-15-9-11-19(31-15)27(29)30)25-17-7-2-1-6-16(17)20(26)28/h1-12H. The number of hydrogen-bond acceptors (Lipinski definition) is 5. The van der Waals surface area contributed by atoms with Crippen LogP contribution in [0.5, 0.6) is 0 Å². The average Bonchev–Trinajstić information content (AvgIpc) is 3.21. The van der Waals surface area contributed by atoms with E-state index in [1.165, 1.54) is 36.4 Å². The first-order valence-corrected chi connectivity index (χ1v) is 8.86. The fourth-order valence-corrected chi connectivity index (χ4v) is 3.02. The Kier molecular flexibility index (Phi) is 4.90. The predicted octanol–water partition coefficient (Wildman–Crippen LogP) is 5.08. The number of nitrogens with zero attached hydrogens (tertiary/aromatic N) is 3. The van der Waals surface area contributed by atoms with Crippen molar-refractivity contribution in [2.45, 2.75) is 6.18 Å². The van der Waals surface area contributed by atoms with Gasteiger partial charge >= 0.3 is 12.1 Å². The molecule has 4 aromatic rings. The highest BCUT2D eigenvalue weighted by Gasteiger charge is 2.30. The Labute approximate surface area is 171 Å². The zero-order valence-electron chi connectivity index (χ0n) is 15.5. The molecule has 0 saturated heterocycles. The van der Waals surface area contributed by atoms with Gasteiger partial charge in [0, 0.05) is 0 Å². The first-order chi connectivity index (χ1) is 14.7. The molecule has 0 unspecified atom stereocenters. The highest BCUT2D eigenvalue weighted by atomic mass is 19.4. The molecule has 0 fully saturated rings. The van der Waals surface area contributed by atoms with Crippen LogP contribution in [0.1, 0.15) is 17.1 Å². The van der Waals surface area contributed by atoms with Gasteiger partial charge in [0.05, 0.1) is 28.2 Å². The van der Waals surface area contributed by atoms with Crippen LogP contribution in [0, 0.1) is 10.1 Å². The summed E-state index contributed by atoms with van der Waals surface area (Å²) in [7, 11) is 0. The van der Waals surface area contributed by atoms with Gasteiger partial charge in [-0.05, 0) is 48.6 Å². The van der Waals surface area contributed by atoms with Gasteiger partial charge in [-0.15, -0.1) is 0 Å². The Morgan fingerprint density at radius 2 is 1.81 bits per heavy atom. The maximum Gasteiger partial charge on any atom is 0.433 e. The van der Waals surface area contributed by atoms with Crippen molar-refractivity contribution in [3.63, 3.8) is 0 Å². The van der Waals surface area contributed by atoms with Gasteiger partial charge in [-0.1, -0.05) is 18.2 Å². The Bertz CT molecular complexity index is 1390. The average molecular weight is 427 g/mol. The van der Waals surface area contributed by atoms with E-state index >= 15 is 0 Å². The lowest BCUT2D eigenvalue weighted by Crippen LogP contribution is -2.22. The smallest absolute Gasteiger partial charge is 0.401 e. The summed E-state index contributed by atoms with van der Waals surface area (Å²) in [6.07, 6.45) is -1.91. The third-order valence-corrected chi connectivity index (χ3v) is 4.42. The van der Waals surface area contributed by atoms with Crippen LogP contribution in [0.4, 0.5) is 19.1 Å². The van der Waals surface area contributed by atoms with Crippen molar-refractivity contribution >= 4 is 28.9 Å². The van der Waals surface area contributed by atoms with Crippen LogP contribution >= 0.6 is 0 Å². The van der Waals surface area contributed by atoms with Gasteiger partial charge in [0.2, 0.25) is 0 Å². The van der Waals surface area contributed by atoms with Crippen molar-refractivity contribution in [3.8, 4) is 5.69 Å². The lowest BCUT2D eigenvalue weighted by molar-refractivity contribution is -0.402. The van der Waals surface area contributed by atoms with Crippen molar-refractivity contribution in [1.29, 1.82) is 0 Å². The van der Waals surface area contributed by atoms with Crippen molar-refractivity contribution in [1.82, 2.24) is 9.55 Å². The Morgan fingerprint density at radius 1 is 1.03 bits per heavy atom. The fourth-order valence-electron chi connectivity index (χ4n) is 3.02. The van der Waals surface area contributed by atoms with Crippen molar-refractivity contribution in [3.05, 3.63) is 98.3 Å². The molecule has 0 aliphatic rings. The topological polar surface area (TPSA) is 91.2 Å². The second-order valence-corrected chi connectivity index (χ2v) is 6.44. The Balaban J connectivity index is 1.91. The minimum absolute atomic E-state index is 0.0249. The molecule has 31 heavy (non-hydrogen) atoms. The lowest BCUT2D eigenvalue weighted by atomic mass is 10.1. The molecule has 0 aliphatic carbocycles. The number of para-hydroxylation sites is 1. The predicted molar refractivity (Wildman–Crippen MR) is 107 cm³/mol. The van der Waals surface area contributed by atoms with Crippen LogP contribution in [0.15, 0.2) is 69.9 Å². The highest BCUT2D eigenvalue weighted by molar-refractivity contribution is 5.79. The minimum atomic E-state index is -4.59. The zero-order valence-corrected chi connectivity index (χ0v) is 15.5. The Hall–Kier alpha value is -4.21. The second-order valence-electron chi connectivity index (χ2n) is 6.44. The van der Waals surface area contributed by atoms with Gasteiger partial charge in [-0.3, -0.25) is 19.5 Å². The Morgan fingerprint density at radius 3 is 2.52 bits per heavy atom. The minimum Gasteiger partial charge on any atom is -0.401 e. The number of halogens is 3. The number of rotatable bonds is 4. The van der Waals surface area contributed by atoms with Crippen molar-refractivity contribution in [2.75, 3.05) is 0 Å². The zero-order chi connectivity index (χ0) is 22.2. The van der Waals surface area contributed by atoms with E-state index in [0.717, 1.165) is 22.8 Å². The number of hydrogen-bond donors (Lipinski definition) is 0. The second kappa shape index (κ2) is 7.56. The van der Waals surface area contributed by atoms with E-state index in [0.29, 0.717) is 5.52 Å². The van der Waals surface area contributed by atoms with Gasteiger partial charge in [0.1, 0.15) is 16.5 Å². The van der Waals surface area contributed by atoms with Gasteiger partial charge in [0.15, 0.2) is 0 Å². The number of benzene rings is 2. The monoisotopic (exact) mass is 427 g/mol. The van der Waals surface area contributed by atoms with Crippen molar-refractivity contribution in [2.24, 2.45) is 0 Å². The van der Waals surface area contributed by atoms with E-state index in [9.17, 15) is 28.1 Å². The van der Waals surface area contributed by atoms with E-state index in [4.69, 9.17) is 4.42 Å². The van der Waals surface area contributed by atoms with Crippen LogP contribution in [-0.4, -0.2) is 14.5 Å². The van der Waals surface area contributed by atoms with Crippen LogP contribution < -0.4 is 5.56 Å². The third-order valence-electron chi connectivity index (χ3n) is 4.42. The molecule has 0 aliphatic heterocycles. The molecule has 2 aromatic carbocycles. The van der Waals surface area contributed by atoms with E-state index in [2.05, 4.69) is 4.98 Å². The van der Waals surface area contributed by atoms with Crippen LogP contribution in [-0.2, 0) is 6.18 Å². The quantitative estimate of drug-likeness (QED) is 0.335. The van der Waals surface area contributed by atoms with Gasteiger partial charge < -0.3 is 4.42 Å². The maximum atomic E-state index is 13.2. The van der Waals surface area contributed by atoms with E-state index in [-0.39, 0.29) is 22.7 Å². The summed E-state index contributed by atoms with van der Waals surface area (Å²) >= 11 is 0. The highest BCUT2D eigenvalue weighted by Crippen LogP contribution is 2.30. The number of fused-ring (bicyclic) bond motifs is 1. The molecule has 2 aromatic heterocycles. The number of nitro groups is 1. The molecular formula is C21H12F3N3O4. The molecule has 0 bridgehead atoms. The van der Waals surface area contributed by atoms with Gasteiger partial charge in [-0.2, -0.15) is 13.2 Å². The summed E-state index contributed by atoms with van der Waals surface area (Å²) in [6, 6.07) is 13.3. The molecule has 0 amide bonds. The summed E-state index contributed by atoms with van der Waals surface area (Å²) in [5.41, 5.74) is -1.15. The van der Waals surface area contributed by atoms with E-state index in [1.807, 2.05) is 0 Å². The summed E-state index contributed by atoms with van der Waals surface area (Å²) < 4.78 is 45.7.